The van der Waals surface area contributed by atoms with Gasteiger partial charge in [-0.15, -0.1) is 0 Å². The molecule has 0 radical (unpaired) electrons. The molecule has 2 rings (SSSR count). The van der Waals surface area contributed by atoms with Gasteiger partial charge in [0.05, 0.1) is 0 Å². The van der Waals surface area contributed by atoms with E-state index in [-0.39, 0.29) is 11.9 Å². The Kier molecular flexibility index (Phi) is 4.74. The molecule has 0 saturated heterocycles. The van der Waals surface area contributed by atoms with Gasteiger partial charge >= 0.3 is 0 Å². The number of rotatable bonds is 5. The van der Waals surface area contributed by atoms with E-state index in [1.165, 1.54) is 32.1 Å². The minimum Gasteiger partial charge on any atom is -0.352 e. The molecule has 2 fully saturated rings. The molecule has 2 saturated carbocycles. The molecule has 17 heavy (non-hydrogen) atoms. The number of amides is 1. The Morgan fingerprint density at radius 2 is 2.06 bits per heavy atom. The Bertz CT molecular complexity index is 268. The average molecular weight is 256 g/mol. The molecular weight excluding hydrogens is 232 g/mol. The van der Waals surface area contributed by atoms with Crippen LogP contribution in [0.15, 0.2) is 0 Å². The summed E-state index contributed by atoms with van der Waals surface area (Å²) in [5.41, 5.74) is 5.99. The van der Waals surface area contributed by atoms with Crippen LogP contribution in [0.5, 0.6) is 0 Å². The van der Waals surface area contributed by atoms with E-state index < -0.39 is 0 Å². The summed E-state index contributed by atoms with van der Waals surface area (Å²) in [6, 6.07) is 0.462. The molecule has 2 aliphatic carbocycles. The van der Waals surface area contributed by atoms with Crippen LogP contribution in [0.3, 0.4) is 0 Å². The van der Waals surface area contributed by atoms with E-state index >= 15 is 0 Å². The van der Waals surface area contributed by atoms with Gasteiger partial charge in [0.2, 0.25) is 5.91 Å². The van der Waals surface area contributed by atoms with Gasteiger partial charge in [-0.1, -0.05) is 12.8 Å². The first-order valence-electron chi connectivity index (χ1n) is 6.78. The van der Waals surface area contributed by atoms with Crippen LogP contribution in [0.1, 0.15) is 44.9 Å². The van der Waals surface area contributed by atoms with Crippen LogP contribution in [0.4, 0.5) is 0 Å². The lowest BCUT2D eigenvalue weighted by atomic mass is 9.94. The molecule has 1 amide bonds. The van der Waals surface area contributed by atoms with Crippen LogP contribution in [-0.2, 0) is 4.79 Å². The third kappa shape index (κ3) is 3.88. The van der Waals surface area contributed by atoms with Gasteiger partial charge in [-0.05, 0) is 37.9 Å². The van der Waals surface area contributed by atoms with Crippen molar-refractivity contribution in [2.45, 2.75) is 62.3 Å². The number of carbonyl (C=O) groups is 1. The highest BCUT2D eigenvalue weighted by molar-refractivity contribution is 7.99. The average Bonchev–Trinajstić information content (AvgIpc) is 3.13. The van der Waals surface area contributed by atoms with Crippen LogP contribution >= 0.6 is 11.8 Å². The summed E-state index contributed by atoms with van der Waals surface area (Å²) in [6.45, 7) is 0. The quantitative estimate of drug-likeness (QED) is 0.790. The van der Waals surface area contributed by atoms with Gasteiger partial charge in [-0.25, -0.2) is 0 Å². The predicted molar refractivity (Wildman–Crippen MR) is 73.0 cm³/mol. The molecule has 0 heterocycles. The Balaban J connectivity index is 1.75. The van der Waals surface area contributed by atoms with E-state index in [2.05, 4.69) is 11.6 Å². The molecule has 3 nitrogen and oxygen atoms in total. The number of nitrogens with two attached hydrogens (primary N) is 1. The lowest BCUT2D eigenvalue weighted by molar-refractivity contribution is -0.122. The second-order valence-electron chi connectivity index (χ2n) is 5.44. The Labute approximate surface area is 108 Å². The SMILES string of the molecule is CSC1CCCCC1NC(=O)CC(N)C1CC1. The van der Waals surface area contributed by atoms with Crippen molar-refractivity contribution < 1.29 is 4.79 Å². The Morgan fingerprint density at radius 3 is 2.71 bits per heavy atom. The molecule has 0 spiro atoms. The summed E-state index contributed by atoms with van der Waals surface area (Å²) in [5.74, 6) is 0.777. The molecule has 3 N–H and O–H groups in total. The van der Waals surface area contributed by atoms with Gasteiger partial charge in [0.25, 0.3) is 0 Å². The summed E-state index contributed by atoms with van der Waals surface area (Å²) >= 11 is 1.89. The van der Waals surface area contributed by atoms with Crippen molar-refractivity contribution in [2.75, 3.05) is 6.26 Å². The zero-order chi connectivity index (χ0) is 12.3. The summed E-state index contributed by atoms with van der Waals surface area (Å²) in [7, 11) is 0. The monoisotopic (exact) mass is 256 g/mol. The Hall–Kier alpha value is -0.220. The summed E-state index contributed by atoms with van der Waals surface area (Å²) < 4.78 is 0. The van der Waals surface area contributed by atoms with Gasteiger partial charge in [-0.2, -0.15) is 11.8 Å². The zero-order valence-corrected chi connectivity index (χ0v) is 11.5. The van der Waals surface area contributed by atoms with Crippen molar-refractivity contribution in [1.29, 1.82) is 0 Å². The first-order valence-corrected chi connectivity index (χ1v) is 8.07. The lowest BCUT2D eigenvalue weighted by Gasteiger charge is -2.31. The molecule has 2 aliphatic rings. The summed E-state index contributed by atoms with van der Waals surface area (Å²) in [4.78, 5) is 11.9. The molecule has 0 aromatic carbocycles. The van der Waals surface area contributed by atoms with E-state index in [0.717, 1.165) is 6.42 Å². The van der Waals surface area contributed by atoms with Crippen LogP contribution in [0.2, 0.25) is 0 Å². The maximum Gasteiger partial charge on any atom is 0.221 e. The van der Waals surface area contributed by atoms with Gasteiger partial charge in [0.1, 0.15) is 0 Å². The number of thioether (sulfide) groups is 1. The molecule has 4 heteroatoms. The number of carbonyl (C=O) groups excluding carboxylic acids is 1. The minimum absolute atomic E-state index is 0.0892. The molecular formula is C13H24N2OS. The molecule has 3 unspecified atom stereocenters. The largest absolute Gasteiger partial charge is 0.352 e. The van der Waals surface area contributed by atoms with Crippen molar-refractivity contribution in [1.82, 2.24) is 5.32 Å². The molecule has 0 aromatic heterocycles. The van der Waals surface area contributed by atoms with E-state index in [1.54, 1.807) is 0 Å². The van der Waals surface area contributed by atoms with Gasteiger partial charge in [0, 0.05) is 23.8 Å². The maximum absolute atomic E-state index is 11.9. The third-order valence-corrected chi connectivity index (χ3v) is 5.17. The van der Waals surface area contributed by atoms with Gasteiger partial charge in [-0.3, -0.25) is 4.79 Å². The second-order valence-corrected chi connectivity index (χ2v) is 6.51. The lowest BCUT2D eigenvalue weighted by Crippen LogP contribution is -2.45. The van der Waals surface area contributed by atoms with E-state index in [4.69, 9.17) is 5.73 Å². The first kappa shape index (κ1) is 13.2. The number of hydrogen-bond donors (Lipinski definition) is 2. The Morgan fingerprint density at radius 1 is 1.35 bits per heavy atom. The van der Waals surface area contributed by atoms with Crippen molar-refractivity contribution in [3.05, 3.63) is 0 Å². The van der Waals surface area contributed by atoms with Crippen molar-refractivity contribution in [3.8, 4) is 0 Å². The smallest absolute Gasteiger partial charge is 0.221 e. The number of nitrogens with one attached hydrogen (secondary N) is 1. The summed E-state index contributed by atoms with van der Waals surface area (Å²) in [5, 5.41) is 3.80. The fraction of sp³-hybridized carbons (Fsp3) is 0.923. The van der Waals surface area contributed by atoms with Gasteiger partial charge < -0.3 is 11.1 Å². The first-order chi connectivity index (χ1) is 8.20. The summed E-state index contributed by atoms with van der Waals surface area (Å²) in [6.07, 6.45) is 10.0. The van der Waals surface area contributed by atoms with E-state index in [0.29, 0.717) is 23.6 Å². The zero-order valence-electron chi connectivity index (χ0n) is 10.7. The van der Waals surface area contributed by atoms with E-state index in [1.807, 2.05) is 11.8 Å². The predicted octanol–water partition coefficient (Wildman–Crippen LogP) is 1.90. The van der Waals surface area contributed by atoms with Crippen LogP contribution in [0.25, 0.3) is 0 Å². The van der Waals surface area contributed by atoms with Crippen LogP contribution in [-0.4, -0.2) is 29.5 Å². The fourth-order valence-electron chi connectivity index (χ4n) is 2.71. The molecule has 0 bridgehead atoms. The molecule has 3 atom stereocenters. The molecule has 0 aliphatic heterocycles. The second kappa shape index (κ2) is 6.10. The van der Waals surface area contributed by atoms with Gasteiger partial charge in [0.15, 0.2) is 0 Å². The van der Waals surface area contributed by atoms with Crippen LogP contribution in [0, 0.1) is 5.92 Å². The third-order valence-electron chi connectivity index (χ3n) is 4.00. The fourth-order valence-corrected chi connectivity index (χ4v) is 3.65. The highest BCUT2D eigenvalue weighted by atomic mass is 32.2. The highest BCUT2D eigenvalue weighted by Crippen LogP contribution is 2.33. The van der Waals surface area contributed by atoms with Crippen LogP contribution < -0.4 is 11.1 Å². The molecule has 0 aromatic rings. The van der Waals surface area contributed by atoms with Crippen molar-refractivity contribution in [2.24, 2.45) is 11.7 Å². The minimum atomic E-state index is 0.0892. The van der Waals surface area contributed by atoms with E-state index in [9.17, 15) is 4.79 Å². The number of hydrogen-bond acceptors (Lipinski definition) is 3. The van der Waals surface area contributed by atoms with Crippen molar-refractivity contribution in [3.63, 3.8) is 0 Å². The standard InChI is InChI=1S/C13H24N2OS/c1-17-12-5-3-2-4-11(12)15-13(16)8-10(14)9-6-7-9/h9-12H,2-8,14H2,1H3,(H,15,16). The maximum atomic E-state index is 11.9. The normalized spacial score (nSPS) is 30.9. The molecule has 98 valence electrons. The topological polar surface area (TPSA) is 55.1 Å². The highest BCUT2D eigenvalue weighted by Gasteiger charge is 2.31. The van der Waals surface area contributed by atoms with Crippen molar-refractivity contribution >= 4 is 17.7 Å².